The molecule has 1 aromatic carbocycles. The summed E-state index contributed by atoms with van der Waals surface area (Å²) in [5.41, 5.74) is 1.69. The summed E-state index contributed by atoms with van der Waals surface area (Å²) in [5.74, 6) is 0.738. The monoisotopic (exact) mass is 275 g/mol. The first-order chi connectivity index (χ1) is 9.11. The zero-order valence-corrected chi connectivity index (χ0v) is 12.2. The van der Waals surface area contributed by atoms with E-state index < -0.39 is 0 Å². The minimum Gasteiger partial charge on any atom is -0.486 e. The van der Waals surface area contributed by atoms with Gasteiger partial charge in [0.05, 0.1) is 11.3 Å². The summed E-state index contributed by atoms with van der Waals surface area (Å²) in [6, 6.07) is 7.36. The van der Waals surface area contributed by atoms with Gasteiger partial charge >= 0.3 is 0 Å². The van der Waals surface area contributed by atoms with Crippen molar-refractivity contribution in [2.45, 2.75) is 33.8 Å². The van der Waals surface area contributed by atoms with E-state index in [-0.39, 0.29) is 5.78 Å². The summed E-state index contributed by atoms with van der Waals surface area (Å²) in [7, 11) is 0. The molecule has 0 N–H and O–H groups in total. The Hall–Kier alpha value is -1.68. The van der Waals surface area contributed by atoms with Crippen LogP contribution < -0.4 is 4.74 Å². The fourth-order valence-corrected chi connectivity index (χ4v) is 2.60. The number of Topliss-reactive ketones (excluding diaryl/α,β-unsaturated/α-hetero) is 1. The second-order valence-corrected chi connectivity index (χ2v) is 5.60. The number of thiazole rings is 1. The number of para-hydroxylation sites is 1. The molecule has 0 unspecified atom stereocenters. The van der Waals surface area contributed by atoms with Gasteiger partial charge in [0.2, 0.25) is 0 Å². The Bertz CT molecular complexity index is 570. The third-order valence-electron chi connectivity index (χ3n) is 2.93. The van der Waals surface area contributed by atoms with E-state index in [2.05, 4.69) is 4.98 Å². The standard InChI is InChI=1S/C15H17NO2S/c1-4-13(17)12-7-5-6-8-14(12)18-9-15-16-10(2)11(3)19-15/h5-8H,4,9H2,1-3H3. The van der Waals surface area contributed by atoms with Crippen molar-refractivity contribution in [2.75, 3.05) is 0 Å². The molecule has 2 aromatic rings. The van der Waals surface area contributed by atoms with Crippen molar-refractivity contribution < 1.29 is 9.53 Å². The molecule has 0 radical (unpaired) electrons. The second kappa shape index (κ2) is 5.97. The smallest absolute Gasteiger partial charge is 0.166 e. The predicted octanol–water partition coefficient (Wildman–Crippen LogP) is 3.93. The van der Waals surface area contributed by atoms with Crippen LogP contribution in [0.25, 0.3) is 0 Å². The normalized spacial score (nSPS) is 10.5. The Labute approximate surface area is 117 Å². The van der Waals surface area contributed by atoms with Gasteiger partial charge in [-0.1, -0.05) is 19.1 Å². The zero-order chi connectivity index (χ0) is 13.8. The molecule has 0 atom stereocenters. The van der Waals surface area contributed by atoms with E-state index >= 15 is 0 Å². The van der Waals surface area contributed by atoms with E-state index in [0.717, 1.165) is 10.7 Å². The molecule has 0 amide bonds. The number of nitrogens with zero attached hydrogens (tertiary/aromatic N) is 1. The highest BCUT2D eigenvalue weighted by Crippen LogP contribution is 2.23. The lowest BCUT2D eigenvalue weighted by molar-refractivity contribution is 0.0983. The fraction of sp³-hybridized carbons (Fsp3) is 0.333. The van der Waals surface area contributed by atoms with E-state index in [0.29, 0.717) is 24.3 Å². The fourth-order valence-electron chi connectivity index (χ4n) is 1.75. The minimum atomic E-state index is 0.0992. The Morgan fingerprint density at radius 3 is 2.68 bits per heavy atom. The Balaban J connectivity index is 2.13. The zero-order valence-electron chi connectivity index (χ0n) is 11.4. The number of carbonyl (C=O) groups is 1. The number of aryl methyl sites for hydroxylation is 2. The summed E-state index contributed by atoms with van der Waals surface area (Å²) in [6.07, 6.45) is 0.482. The van der Waals surface area contributed by atoms with Crippen LogP contribution in [0.15, 0.2) is 24.3 Å². The first-order valence-corrected chi connectivity index (χ1v) is 7.11. The van der Waals surface area contributed by atoms with Crippen LogP contribution in [0, 0.1) is 13.8 Å². The van der Waals surface area contributed by atoms with Crippen molar-refractivity contribution in [3.8, 4) is 5.75 Å². The summed E-state index contributed by atoms with van der Waals surface area (Å²) in [4.78, 5) is 17.4. The maximum Gasteiger partial charge on any atom is 0.166 e. The van der Waals surface area contributed by atoms with Gasteiger partial charge in [-0.3, -0.25) is 4.79 Å². The van der Waals surface area contributed by atoms with Crippen LogP contribution in [-0.2, 0) is 6.61 Å². The van der Waals surface area contributed by atoms with E-state index in [1.54, 1.807) is 17.4 Å². The molecular weight excluding hydrogens is 258 g/mol. The lowest BCUT2D eigenvalue weighted by Crippen LogP contribution is -2.03. The van der Waals surface area contributed by atoms with E-state index in [1.165, 1.54) is 4.88 Å². The molecule has 100 valence electrons. The number of hydrogen-bond donors (Lipinski definition) is 0. The average molecular weight is 275 g/mol. The molecule has 0 aliphatic rings. The van der Waals surface area contributed by atoms with Crippen LogP contribution in [-0.4, -0.2) is 10.8 Å². The Morgan fingerprint density at radius 2 is 2.05 bits per heavy atom. The number of ketones is 1. The summed E-state index contributed by atoms with van der Waals surface area (Å²) in [5, 5.41) is 0.939. The molecule has 0 aliphatic heterocycles. The van der Waals surface area contributed by atoms with Gasteiger partial charge in [0.1, 0.15) is 17.4 Å². The van der Waals surface area contributed by atoms with Crippen LogP contribution in [0.5, 0.6) is 5.75 Å². The number of ether oxygens (including phenoxy) is 1. The molecule has 0 saturated carbocycles. The van der Waals surface area contributed by atoms with Crippen molar-refractivity contribution in [3.05, 3.63) is 45.4 Å². The van der Waals surface area contributed by atoms with Crippen LogP contribution in [0.1, 0.15) is 39.3 Å². The molecule has 0 saturated heterocycles. The number of carbonyl (C=O) groups excluding carboxylic acids is 1. The quantitative estimate of drug-likeness (QED) is 0.776. The third kappa shape index (κ3) is 3.20. The van der Waals surface area contributed by atoms with Crippen LogP contribution in [0.3, 0.4) is 0 Å². The first-order valence-electron chi connectivity index (χ1n) is 6.29. The highest BCUT2D eigenvalue weighted by Gasteiger charge is 2.11. The van der Waals surface area contributed by atoms with Crippen molar-refractivity contribution >= 4 is 17.1 Å². The third-order valence-corrected chi connectivity index (χ3v) is 3.98. The van der Waals surface area contributed by atoms with Gasteiger partial charge in [-0.15, -0.1) is 11.3 Å². The van der Waals surface area contributed by atoms with Crippen molar-refractivity contribution in [3.63, 3.8) is 0 Å². The summed E-state index contributed by atoms with van der Waals surface area (Å²) >= 11 is 1.63. The van der Waals surface area contributed by atoms with Crippen LogP contribution >= 0.6 is 11.3 Å². The first kappa shape index (κ1) is 13.7. The van der Waals surface area contributed by atoms with Gasteiger partial charge in [-0.2, -0.15) is 0 Å². The molecular formula is C15H17NO2S. The number of aromatic nitrogens is 1. The highest BCUT2D eigenvalue weighted by atomic mass is 32.1. The molecule has 0 fully saturated rings. The SMILES string of the molecule is CCC(=O)c1ccccc1OCc1nc(C)c(C)s1. The minimum absolute atomic E-state index is 0.0992. The van der Waals surface area contributed by atoms with Crippen molar-refractivity contribution in [1.29, 1.82) is 0 Å². The van der Waals surface area contributed by atoms with Gasteiger partial charge in [0, 0.05) is 11.3 Å². The van der Waals surface area contributed by atoms with Crippen LogP contribution in [0.2, 0.25) is 0 Å². The van der Waals surface area contributed by atoms with Gasteiger partial charge in [0.15, 0.2) is 5.78 Å². The molecule has 2 rings (SSSR count). The molecule has 3 nitrogen and oxygen atoms in total. The number of hydrogen-bond acceptors (Lipinski definition) is 4. The Kier molecular flexibility index (Phi) is 4.32. The maximum absolute atomic E-state index is 11.8. The molecule has 1 aromatic heterocycles. The molecule has 0 aliphatic carbocycles. The lowest BCUT2D eigenvalue weighted by Gasteiger charge is -2.08. The Morgan fingerprint density at radius 1 is 1.32 bits per heavy atom. The topological polar surface area (TPSA) is 39.2 Å². The number of benzene rings is 1. The largest absolute Gasteiger partial charge is 0.486 e. The van der Waals surface area contributed by atoms with Gasteiger partial charge in [-0.05, 0) is 26.0 Å². The summed E-state index contributed by atoms with van der Waals surface area (Å²) in [6.45, 7) is 6.30. The van der Waals surface area contributed by atoms with E-state index in [9.17, 15) is 4.79 Å². The van der Waals surface area contributed by atoms with Crippen molar-refractivity contribution in [2.24, 2.45) is 0 Å². The van der Waals surface area contributed by atoms with Crippen LogP contribution in [0.4, 0.5) is 0 Å². The average Bonchev–Trinajstić information content (AvgIpc) is 2.75. The molecule has 4 heteroatoms. The molecule has 0 spiro atoms. The predicted molar refractivity (Wildman–Crippen MR) is 77.0 cm³/mol. The number of rotatable bonds is 5. The van der Waals surface area contributed by atoms with Gasteiger partial charge < -0.3 is 4.74 Å². The van der Waals surface area contributed by atoms with E-state index in [4.69, 9.17) is 4.74 Å². The maximum atomic E-state index is 11.8. The molecule has 1 heterocycles. The van der Waals surface area contributed by atoms with E-state index in [1.807, 2.05) is 39.0 Å². The van der Waals surface area contributed by atoms with Gasteiger partial charge in [-0.25, -0.2) is 4.98 Å². The summed E-state index contributed by atoms with van der Waals surface area (Å²) < 4.78 is 5.74. The highest BCUT2D eigenvalue weighted by molar-refractivity contribution is 7.11. The van der Waals surface area contributed by atoms with Gasteiger partial charge in [0.25, 0.3) is 0 Å². The second-order valence-electron chi connectivity index (χ2n) is 4.31. The molecule has 0 bridgehead atoms. The lowest BCUT2D eigenvalue weighted by atomic mass is 10.1. The van der Waals surface area contributed by atoms with Crippen molar-refractivity contribution in [1.82, 2.24) is 4.98 Å². The molecule has 19 heavy (non-hydrogen) atoms.